The zero-order valence-corrected chi connectivity index (χ0v) is 15.8. The highest BCUT2D eigenvalue weighted by molar-refractivity contribution is 5.99. The number of para-hydroxylation sites is 1. The topological polar surface area (TPSA) is 78.9 Å². The van der Waals surface area contributed by atoms with Crippen molar-refractivity contribution in [2.45, 2.75) is 0 Å². The molecule has 4 aromatic rings. The van der Waals surface area contributed by atoms with Gasteiger partial charge in [-0.15, -0.1) is 0 Å². The number of carbonyl (C=O) groups excluding carboxylic acids is 1. The average Bonchev–Trinajstić information content (AvgIpc) is 2.75. The van der Waals surface area contributed by atoms with Gasteiger partial charge in [0.25, 0.3) is 0 Å². The van der Waals surface area contributed by atoms with Crippen LogP contribution < -0.4 is 16.0 Å². The van der Waals surface area contributed by atoms with E-state index < -0.39 is 11.8 Å². The van der Waals surface area contributed by atoms with E-state index in [1.54, 1.807) is 24.5 Å². The van der Waals surface area contributed by atoms with Gasteiger partial charge in [-0.3, -0.25) is 5.32 Å². The monoisotopic (exact) mass is 399 g/mol. The number of urea groups is 1. The molecule has 0 bridgehead atoms. The molecule has 0 aliphatic rings. The van der Waals surface area contributed by atoms with E-state index in [4.69, 9.17) is 0 Å². The van der Waals surface area contributed by atoms with Crippen LogP contribution in [0.15, 0.2) is 91.3 Å². The summed E-state index contributed by atoms with van der Waals surface area (Å²) in [6.45, 7) is 0. The third kappa shape index (κ3) is 4.96. The minimum Gasteiger partial charge on any atom is -0.340 e. The van der Waals surface area contributed by atoms with Crippen molar-refractivity contribution in [2.75, 3.05) is 16.0 Å². The molecular formula is C23H18FN5O. The minimum atomic E-state index is -0.508. The lowest BCUT2D eigenvalue weighted by atomic mass is 10.1. The number of rotatable bonds is 5. The number of nitrogens with zero attached hydrogens (tertiary/aromatic N) is 2. The summed E-state index contributed by atoms with van der Waals surface area (Å²) in [7, 11) is 0. The third-order valence-electron chi connectivity index (χ3n) is 4.22. The quantitative estimate of drug-likeness (QED) is 0.404. The largest absolute Gasteiger partial charge is 0.340 e. The highest BCUT2D eigenvalue weighted by atomic mass is 19.1. The standard InChI is InChI=1S/C23H18FN5O/c24-18-5-4-8-20(15-18)28-23(30)29-22-14-17(10-12-26-22)16-9-11-25-21(13-16)27-19-6-2-1-3-7-19/h1-15H,(H,25,27)(H2,26,28,29,30). The highest BCUT2D eigenvalue weighted by Crippen LogP contribution is 2.24. The van der Waals surface area contributed by atoms with E-state index in [9.17, 15) is 9.18 Å². The van der Waals surface area contributed by atoms with E-state index in [-0.39, 0.29) is 0 Å². The van der Waals surface area contributed by atoms with Gasteiger partial charge in [0.2, 0.25) is 0 Å². The molecule has 7 heteroatoms. The Kier molecular flexibility index (Phi) is 5.61. The molecule has 2 heterocycles. The lowest BCUT2D eigenvalue weighted by Crippen LogP contribution is -2.20. The minimum absolute atomic E-state index is 0.356. The molecule has 0 aliphatic carbocycles. The van der Waals surface area contributed by atoms with Crippen molar-refractivity contribution >= 4 is 29.0 Å². The highest BCUT2D eigenvalue weighted by Gasteiger charge is 2.07. The van der Waals surface area contributed by atoms with Gasteiger partial charge in [-0.25, -0.2) is 19.2 Å². The second kappa shape index (κ2) is 8.83. The van der Waals surface area contributed by atoms with Gasteiger partial charge in [0.05, 0.1) is 0 Å². The lowest BCUT2D eigenvalue weighted by molar-refractivity contribution is 0.262. The maximum atomic E-state index is 13.3. The van der Waals surface area contributed by atoms with Crippen LogP contribution in [0.2, 0.25) is 0 Å². The van der Waals surface area contributed by atoms with E-state index in [0.29, 0.717) is 17.3 Å². The smallest absolute Gasteiger partial charge is 0.324 e. The molecule has 0 spiro atoms. The molecule has 0 saturated heterocycles. The summed E-state index contributed by atoms with van der Waals surface area (Å²) < 4.78 is 13.3. The molecule has 0 unspecified atom stereocenters. The fraction of sp³-hybridized carbons (Fsp3) is 0. The van der Waals surface area contributed by atoms with E-state index in [1.165, 1.54) is 18.2 Å². The van der Waals surface area contributed by atoms with E-state index >= 15 is 0 Å². The van der Waals surface area contributed by atoms with Crippen LogP contribution in [0.25, 0.3) is 11.1 Å². The van der Waals surface area contributed by atoms with Crippen molar-refractivity contribution in [2.24, 2.45) is 0 Å². The maximum Gasteiger partial charge on any atom is 0.324 e. The van der Waals surface area contributed by atoms with Crippen LogP contribution in [-0.4, -0.2) is 16.0 Å². The van der Waals surface area contributed by atoms with E-state index in [1.807, 2.05) is 48.5 Å². The predicted octanol–water partition coefficient (Wildman–Crippen LogP) is 5.67. The fourth-order valence-electron chi connectivity index (χ4n) is 2.87. The van der Waals surface area contributed by atoms with Gasteiger partial charge in [0, 0.05) is 23.8 Å². The van der Waals surface area contributed by atoms with Crippen LogP contribution in [0.3, 0.4) is 0 Å². The summed E-state index contributed by atoms with van der Waals surface area (Å²) in [5.41, 5.74) is 3.08. The molecule has 0 saturated carbocycles. The van der Waals surface area contributed by atoms with Gasteiger partial charge in [-0.05, 0) is 65.7 Å². The van der Waals surface area contributed by atoms with Crippen molar-refractivity contribution in [1.82, 2.24) is 9.97 Å². The van der Waals surface area contributed by atoms with Crippen LogP contribution in [0.5, 0.6) is 0 Å². The number of hydrogen-bond donors (Lipinski definition) is 3. The van der Waals surface area contributed by atoms with Crippen molar-refractivity contribution in [3.8, 4) is 11.1 Å². The number of pyridine rings is 2. The second-order valence-corrected chi connectivity index (χ2v) is 6.44. The molecule has 3 N–H and O–H groups in total. The van der Waals surface area contributed by atoms with Crippen LogP contribution in [-0.2, 0) is 0 Å². The van der Waals surface area contributed by atoms with E-state index in [2.05, 4.69) is 25.9 Å². The van der Waals surface area contributed by atoms with Gasteiger partial charge in [-0.2, -0.15) is 0 Å². The number of halogens is 1. The number of hydrogen-bond acceptors (Lipinski definition) is 4. The van der Waals surface area contributed by atoms with Gasteiger partial charge < -0.3 is 10.6 Å². The average molecular weight is 399 g/mol. The number of anilines is 4. The first-order valence-electron chi connectivity index (χ1n) is 9.24. The predicted molar refractivity (Wildman–Crippen MR) is 116 cm³/mol. The van der Waals surface area contributed by atoms with Crippen LogP contribution in [0.1, 0.15) is 0 Å². The van der Waals surface area contributed by atoms with Gasteiger partial charge in [0.15, 0.2) is 0 Å². The Morgan fingerprint density at radius 1 is 0.700 bits per heavy atom. The Hall–Kier alpha value is -4.26. The summed E-state index contributed by atoms with van der Waals surface area (Å²) >= 11 is 0. The second-order valence-electron chi connectivity index (χ2n) is 6.44. The molecule has 0 aliphatic heterocycles. The van der Waals surface area contributed by atoms with Gasteiger partial charge in [0.1, 0.15) is 17.5 Å². The summed E-state index contributed by atoms with van der Waals surface area (Å²) in [4.78, 5) is 20.7. The Balaban J connectivity index is 1.48. The van der Waals surface area contributed by atoms with E-state index in [0.717, 1.165) is 16.8 Å². The Labute approximate surface area is 172 Å². The van der Waals surface area contributed by atoms with Crippen molar-refractivity contribution in [1.29, 1.82) is 0 Å². The molecular weight excluding hydrogens is 381 g/mol. The Bertz CT molecular complexity index is 1170. The Morgan fingerprint density at radius 3 is 2.10 bits per heavy atom. The van der Waals surface area contributed by atoms with Crippen LogP contribution in [0, 0.1) is 5.82 Å². The summed E-state index contributed by atoms with van der Waals surface area (Å²) in [6.07, 6.45) is 3.32. The summed E-state index contributed by atoms with van der Waals surface area (Å²) in [6, 6.07) is 22.3. The molecule has 0 fully saturated rings. The van der Waals surface area contributed by atoms with Gasteiger partial charge >= 0.3 is 6.03 Å². The number of benzene rings is 2. The molecule has 6 nitrogen and oxygen atoms in total. The van der Waals surface area contributed by atoms with Gasteiger partial charge in [-0.1, -0.05) is 24.3 Å². The number of aromatic nitrogens is 2. The molecule has 0 atom stereocenters. The number of amides is 2. The first-order chi connectivity index (χ1) is 14.7. The zero-order chi connectivity index (χ0) is 20.8. The Morgan fingerprint density at radius 2 is 1.37 bits per heavy atom. The van der Waals surface area contributed by atoms with Crippen molar-refractivity contribution in [3.63, 3.8) is 0 Å². The normalized spacial score (nSPS) is 10.3. The SMILES string of the molecule is O=C(Nc1cccc(F)c1)Nc1cc(-c2ccnc(Nc3ccccc3)c2)ccn1. The van der Waals surface area contributed by atoms with Crippen LogP contribution in [0.4, 0.5) is 32.2 Å². The van der Waals surface area contributed by atoms with Crippen LogP contribution >= 0.6 is 0 Å². The van der Waals surface area contributed by atoms with Crippen molar-refractivity contribution in [3.05, 3.63) is 97.1 Å². The zero-order valence-electron chi connectivity index (χ0n) is 15.8. The number of carbonyl (C=O) groups is 1. The lowest BCUT2D eigenvalue weighted by Gasteiger charge is -2.10. The fourth-order valence-corrected chi connectivity index (χ4v) is 2.87. The van der Waals surface area contributed by atoms with Crippen molar-refractivity contribution < 1.29 is 9.18 Å². The molecule has 0 radical (unpaired) electrons. The maximum absolute atomic E-state index is 13.3. The number of nitrogens with one attached hydrogen (secondary N) is 3. The summed E-state index contributed by atoms with van der Waals surface area (Å²) in [5, 5.41) is 8.49. The third-order valence-corrected chi connectivity index (χ3v) is 4.22. The summed E-state index contributed by atoms with van der Waals surface area (Å²) in [5.74, 6) is 0.648. The molecule has 2 amide bonds. The first-order valence-corrected chi connectivity index (χ1v) is 9.24. The first kappa shape index (κ1) is 19.1. The molecule has 2 aromatic heterocycles. The molecule has 30 heavy (non-hydrogen) atoms. The molecule has 4 rings (SSSR count). The molecule has 2 aromatic carbocycles. The molecule has 148 valence electrons.